The molecule has 1 aliphatic rings. The van der Waals surface area contributed by atoms with Gasteiger partial charge in [0.25, 0.3) is 0 Å². The summed E-state index contributed by atoms with van der Waals surface area (Å²) in [5, 5.41) is 13.0. The second kappa shape index (κ2) is 11.0. The molecule has 164 valence electrons. The molecule has 2 aromatic rings. The first-order chi connectivity index (χ1) is 14.0. The number of hydrogen-bond acceptors (Lipinski definition) is 5. The summed E-state index contributed by atoms with van der Waals surface area (Å²) in [6.07, 6.45) is 8.66. The Labute approximate surface area is 183 Å². The van der Waals surface area contributed by atoms with E-state index in [0.29, 0.717) is 17.1 Å². The van der Waals surface area contributed by atoms with Gasteiger partial charge in [-0.15, -0.1) is 12.4 Å². The smallest absolute Gasteiger partial charge is 0.246 e. The number of anilines is 2. The van der Waals surface area contributed by atoms with Gasteiger partial charge in [-0.25, -0.2) is 0 Å². The molecule has 2 amide bonds. The van der Waals surface area contributed by atoms with Gasteiger partial charge < -0.3 is 20.7 Å². The number of hydrogen-bond donors (Lipinski definition) is 3. The minimum Gasteiger partial charge on any atom is -0.495 e. The number of carbonyl (C=O) groups is 2. The maximum Gasteiger partial charge on any atom is 0.246 e. The van der Waals surface area contributed by atoms with Crippen LogP contribution in [0.25, 0.3) is 0 Å². The Bertz CT molecular complexity index is 864. The zero-order chi connectivity index (χ0) is 20.8. The van der Waals surface area contributed by atoms with Crippen molar-refractivity contribution in [2.45, 2.75) is 38.1 Å². The Morgan fingerprint density at radius 2 is 1.93 bits per heavy atom. The van der Waals surface area contributed by atoms with Gasteiger partial charge >= 0.3 is 0 Å². The van der Waals surface area contributed by atoms with Crippen LogP contribution in [0.5, 0.6) is 5.75 Å². The molecule has 1 saturated carbocycles. The molecule has 0 bridgehead atoms. The van der Waals surface area contributed by atoms with E-state index in [1.165, 1.54) is 6.42 Å². The highest BCUT2D eigenvalue weighted by Gasteiger charge is 2.23. The van der Waals surface area contributed by atoms with Crippen molar-refractivity contribution in [2.75, 3.05) is 24.8 Å². The van der Waals surface area contributed by atoms with Crippen molar-refractivity contribution in [3.63, 3.8) is 0 Å². The number of carbonyl (C=O) groups excluding carboxylic acids is 2. The summed E-state index contributed by atoms with van der Waals surface area (Å²) in [5.74, 6) is 0.390. The standard InChI is InChI=1S/C21H29N5O3.ClH/c1-22-19(15-12-23-26(2)13-15)21(28)24-16-9-10-18(29-3)17(11-16)25-20(27)14-7-5-4-6-8-14;/h9-14,19,22H,4-8H2,1-3H3,(H,24,28)(H,25,27);1H. The lowest BCUT2D eigenvalue weighted by atomic mass is 9.88. The topological polar surface area (TPSA) is 97.3 Å². The lowest BCUT2D eigenvalue weighted by molar-refractivity contribution is -0.120. The van der Waals surface area contributed by atoms with Crippen molar-refractivity contribution in [1.29, 1.82) is 0 Å². The lowest BCUT2D eigenvalue weighted by Gasteiger charge is -2.22. The van der Waals surface area contributed by atoms with Crippen LogP contribution in [0.1, 0.15) is 43.7 Å². The van der Waals surface area contributed by atoms with Crippen LogP contribution in [0.4, 0.5) is 11.4 Å². The number of methoxy groups -OCH3 is 1. The van der Waals surface area contributed by atoms with Crippen LogP contribution in [-0.4, -0.2) is 35.8 Å². The van der Waals surface area contributed by atoms with E-state index in [4.69, 9.17) is 4.74 Å². The summed E-state index contributed by atoms with van der Waals surface area (Å²) < 4.78 is 7.04. The van der Waals surface area contributed by atoms with Crippen LogP contribution in [0.2, 0.25) is 0 Å². The van der Waals surface area contributed by atoms with Gasteiger partial charge in [-0.3, -0.25) is 14.3 Å². The molecule has 0 aliphatic heterocycles. The first-order valence-corrected chi connectivity index (χ1v) is 9.97. The van der Waals surface area contributed by atoms with Crippen LogP contribution in [0, 0.1) is 5.92 Å². The first-order valence-electron chi connectivity index (χ1n) is 9.97. The predicted molar refractivity (Wildman–Crippen MR) is 119 cm³/mol. The molecule has 3 N–H and O–H groups in total. The molecule has 1 aromatic heterocycles. The molecule has 1 fully saturated rings. The highest BCUT2D eigenvalue weighted by Crippen LogP contribution is 2.31. The summed E-state index contributed by atoms with van der Waals surface area (Å²) in [4.78, 5) is 25.4. The SMILES string of the molecule is CNC(C(=O)Nc1ccc(OC)c(NC(=O)C2CCCCC2)c1)c1cnn(C)c1.Cl. The third-order valence-corrected chi connectivity index (χ3v) is 5.31. The van der Waals surface area contributed by atoms with Crippen LogP contribution < -0.4 is 20.7 Å². The molecule has 1 unspecified atom stereocenters. The molecule has 3 rings (SSSR count). The molecular weight excluding hydrogens is 406 g/mol. The van der Waals surface area contributed by atoms with E-state index < -0.39 is 6.04 Å². The third-order valence-electron chi connectivity index (χ3n) is 5.31. The first kappa shape index (κ1) is 23.7. The van der Waals surface area contributed by atoms with Crippen molar-refractivity contribution in [1.82, 2.24) is 15.1 Å². The maximum absolute atomic E-state index is 12.8. The molecule has 30 heavy (non-hydrogen) atoms. The fourth-order valence-corrected chi connectivity index (χ4v) is 3.74. The van der Waals surface area contributed by atoms with Crippen LogP contribution in [-0.2, 0) is 16.6 Å². The number of aromatic nitrogens is 2. The fourth-order valence-electron chi connectivity index (χ4n) is 3.74. The van der Waals surface area contributed by atoms with Crippen LogP contribution >= 0.6 is 12.4 Å². The zero-order valence-corrected chi connectivity index (χ0v) is 18.4. The normalized spacial score (nSPS) is 15.0. The molecular formula is C21H30ClN5O3. The zero-order valence-electron chi connectivity index (χ0n) is 17.6. The van der Waals surface area contributed by atoms with E-state index >= 15 is 0 Å². The lowest BCUT2D eigenvalue weighted by Crippen LogP contribution is -2.30. The molecule has 0 radical (unpaired) electrons. The van der Waals surface area contributed by atoms with Gasteiger partial charge in [-0.1, -0.05) is 19.3 Å². The van der Waals surface area contributed by atoms with E-state index in [-0.39, 0.29) is 30.1 Å². The third kappa shape index (κ3) is 5.73. The molecule has 1 aromatic carbocycles. The fraction of sp³-hybridized carbons (Fsp3) is 0.476. The summed E-state index contributed by atoms with van der Waals surface area (Å²) in [5.41, 5.74) is 1.91. The number of aryl methyl sites for hydroxylation is 1. The average molecular weight is 436 g/mol. The van der Waals surface area contributed by atoms with Gasteiger partial charge in [0.2, 0.25) is 11.8 Å². The number of nitrogens with one attached hydrogen (secondary N) is 3. The molecule has 0 saturated heterocycles. The van der Waals surface area contributed by atoms with Gasteiger partial charge in [-0.05, 0) is 38.1 Å². The van der Waals surface area contributed by atoms with Gasteiger partial charge in [0.05, 0.1) is 19.0 Å². The van der Waals surface area contributed by atoms with Crippen molar-refractivity contribution in [3.05, 3.63) is 36.2 Å². The number of nitrogens with zero attached hydrogens (tertiary/aromatic N) is 2. The molecule has 0 spiro atoms. The van der Waals surface area contributed by atoms with Gasteiger partial charge in [0.15, 0.2) is 0 Å². The van der Waals surface area contributed by atoms with Gasteiger partial charge in [-0.2, -0.15) is 5.10 Å². The van der Waals surface area contributed by atoms with Crippen LogP contribution in [0.3, 0.4) is 0 Å². The highest BCUT2D eigenvalue weighted by molar-refractivity contribution is 5.98. The molecule has 1 heterocycles. The summed E-state index contributed by atoms with van der Waals surface area (Å²) in [6, 6.07) is 4.69. The van der Waals surface area contributed by atoms with E-state index in [2.05, 4.69) is 21.0 Å². The van der Waals surface area contributed by atoms with Crippen molar-refractivity contribution in [3.8, 4) is 5.75 Å². The summed E-state index contributed by atoms with van der Waals surface area (Å²) in [7, 11) is 5.09. The van der Waals surface area contributed by atoms with E-state index in [1.807, 2.05) is 0 Å². The van der Waals surface area contributed by atoms with Crippen molar-refractivity contribution >= 4 is 35.6 Å². The molecule has 8 nitrogen and oxygen atoms in total. The minimum absolute atomic E-state index is 0. The number of amides is 2. The number of rotatable bonds is 7. The second-order valence-electron chi connectivity index (χ2n) is 7.40. The number of likely N-dealkylation sites (N-methyl/N-ethyl adjacent to an activating group) is 1. The van der Waals surface area contributed by atoms with Crippen molar-refractivity contribution in [2.24, 2.45) is 13.0 Å². The molecule has 1 aliphatic carbocycles. The Morgan fingerprint density at radius 1 is 1.20 bits per heavy atom. The van der Waals surface area contributed by atoms with E-state index in [0.717, 1.165) is 31.2 Å². The Balaban J connectivity index is 0.00000320. The maximum atomic E-state index is 12.8. The van der Waals surface area contributed by atoms with E-state index in [1.54, 1.807) is 56.5 Å². The predicted octanol–water partition coefficient (Wildman–Crippen LogP) is 3.27. The monoisotopic (exact) mass is 435 g/mol. The van der Waals surface area contributed by atoms with Crippen LogP contribution in [0.15, 0.2) is 30.6 Å². The van der Waals surface area contributed by atoms with E-state index in [9.17, 15) is 9.59 Å². The minimum atomic E-state index is -0.536. The number of benzene rings is 1. The second-order valence-corrected chi connectivity index (χ2v) is 7.40. The highest BCUT2D eigenvalue weighted by atomic mass is 35.5. The molecule has 1 atom stereocenters. The number of halogens is 1. The van der Waals surface area contributed by atoms with Crippen molar-refractivity contribution < 1.29 is 14.3 Å². The van der Waals surface area contributed by atoms with Gasteiger partial charge in [0, 0.05) is 30.4 Å². The largest absolute Gasteiger partial charge is 0.495 e. The Kier molecular flexibility index (Phi) is 8.68. The summed E-state index contributed by atoms with van der Waals surface area (Å²) >= 11 is 0. The Morgan fingerprint density at radius 3 is 2.53 bits per heavy atom. The summed E-state index contributed by atoms with van der Waals surface area (Å²) in [6.45, 7) is 0. The van der Waals surface area contributed by atoms with Gasteiger partial charge in [0.1, 0.15) is 11.8 Å². The number of ether oxygens (including phenoxy) is 1. The average Bonchev–Trinajstić information content (AvgIpc) is 3.15. The Hall–Kier alpha value is -2.58. The quantitative estimate of drug-likeness (QED) is 0.620. The molecule has 9 heteroatoms.